The molecule has 0 aliphatic carbocycles. The van der Waals surface area contributed by atoms with Crippen LogP contribution in [0.5, 0.6) is 0 Å². The zero-order chi connectivity index (χ0) is 23.3. The highest BCUT2D eigenvalue weighted by Gasteiger charge is 2.05. The van der Waals surface area contributed by atoms with Crippen molar-refractivity contribution < 1.29 is 9.59 Å². The van der Waals surface area contributed by atoms with E-state index in [9.17, 15) is 9.59 Å². The maximum Gasteiger partial charge on any atom is 0.251 e. The lowest BCUT2D eigenvalue weighted by molar-refractivity contribution is -0.115. The van der Waals surface area contributed by atoms with Gasteiger partial charge in [0.25, 0.3) is 5.91 Å². The van der Waals surface area contributed by atoms with Crippen LogP contribution in [0.4, 0.5) is 5.69 Å². The molecule has 5 nitrogen and oxygen atoms in total. The van der Waals surface area contributed by atoms with Crippen molar-refractivity contribution in [3.8, 4) is 0 Å². The predicted octanol–water partition coefficient (Wildman–Crippen LogP) is 6.45. The second-order valence-electron chi connectivity index (χ2n) is 8.76. The molecule has 0 aromatic heterocycles. The van der Waals surface area contributed by atoms with Crippen molar-refractivity contribution in [1.82, 2.24) is 10.6 Å². The topological polar surface area (TPSA) is 70.2 Å². The van der Waals surface area contributed by atoms with Gasteiger partial charge < -0.3 is 16.0 Å². The van der Waals surface area contributed by atoms with E-state index in [0.717, 1.165) is 13.0 Å². The van der Waals surface area contributed by atoms with E-state index in [1.807, 2.05) is 6.92 Å². The molecule has 2 amide bonds. The summed E-state index contributed by atoms with van der Waals surface area (Å²) in [6, 6.07) is 6.97. The Morgan fingerprint density at radius 2 is 1.19 bits per heavy atom. The summed E-state index contributed by atoms with van der Waals surface area (Å²) in [5.74, 6) is -0.152. The van der Waals surface area contributed by atoms with Gasteiger partial charge in [-0.15, -0.1) is 0 Å². The molecule has 0 fully saturated rings. The molecule has 3 N–H and O–H groups in total. The Balaban J connectivity index is 1.91. The van der Waals surface area contributed by atoms with Gasteiger partial charge in [-0.2, -0.15) is 0 Å². The zero-order valence-corrected chi connectivity index (χ0v) is 20.6. The van der Waals surface area contributed by atoms with E-state index in [4.69, 9.17) is 0 Å². The minimum absolute atomic E-state index is 0.0545. The smallest absolute Gasteiger partial charge is 0.251 e. The number of nitrogens with one attached hydrogen (secondary N) is 3. The molecule has 1 aromatic carbocycles. The average molecular weight is 446 g/mol. The van der Waals surface area contributed by atoms with E-state index in [1.54, 1.807) is 24.3 Å². The van der Waals surface area contributed by atoms with E-state index in [2.05, 4.69) is 22.9 Å². The molecule has 0 aliphatic rings. The number of benzene rings is 1. The lowest BCUT2D eigenvalue weighted by Crippen LogP contribution is -2.28. The Bertz CT molecular complexity index is 601. The van der Waals surface area contributed by atoms with Crippen LogP contribution in [-0.2, 0) is 4.79 Å². The van der Waals surface area contributed by atoms with Crippen LogP contribution in [0.15, 0.2) is 24.3 Å². The van der Waals surface area contributed by atoms with Crippen LogP contribution < -0.4 is 16.0 Å². The molecule has 32 heavy (non-hydrogen) atoms. The first-order valence-electron chi connectivity index (χ1n) is 13.1. The first-order chi connectivity index (χ1) is 15.7. The van der Waals surface area contributed by atoms with Crippen LogP contribution in [0.1, 0.15) is 114 Å². The summed E-state index contributed by atoms with van der Waals surface area (Å²) in [5.41, 5.74) is 1.31. The van der Waals surface area contributed by atoms with Crippen molar-refractivity contribution in [3.63, 3.8) is 0 Å². The van der Waals surface area contributed by atoms with Gasteiger partial charge >= 0.3 is 0 Å². The third-order valence-corrected chi connectivity index (χ3v) is 5.76. The van der Waals surface area contributed by atoms with Crippen molar-refractivity contribution in [2.24, 2.45) is 0 Å². The summed E-state index contributed by atoms with van der Waals surface area (Å²) < 4.78 is 0. The van der Waals surface area contributed by atoms with Gasteiger partial charge in [-0.25, -0.2) is 0 Å². The summed E-state index contributed by atoms with van der Waals surface area (Å²) in [6.07, 6.45) is 19.0. The van der Waals surface area contributed by atoms with Crippen LogP contribution in [0.2, 0.25) is 0 Å². The molecule has 0 atom stereocenters. The summed E-state index contributed by atoms with van der Waals surface area (Å²) >= 11 is 0. The Morgan fingerprint density at radius 1 is 0.688 bits per heavy atom. The average Bonchev–Trinajstić information content (AvgIpc) is 2.79. The fourth-order valence-corrected chi connectivity index (χ4v) is 3.82. The third-order valence-electron chi connectivity index (χ3n) is 5.76. The van der Waals surface area contributed by atoms with E-state index in [0.29, 0.717) is 24.3 Å². The highest BCUT2D eigenvalue weighted by molar-refractivity contribution is 5.96. The summed E-state index contributed by atoms with van der Waals surface area (Å²) in [5, 5.41) is 8.84. The van der Waals surface area contributed by atoms with E-state index in [1.165, 1.54) is 83.5 Å². The normalized spacial score (nSPS) is 10.8. The van der Waals surface area contributed by atoms with Crippen molar-refractivity contribution in [3.05, 3.63) is 29.8 Å². The third kappa shape index (κ3) is 15.0. The molecular weight excluding hydrogens is 398 g/mol. The van der Waals surface area contributed by atoms with Crippen molar-refractivity contribution >= 4 is 17.5 Å². The van der Waals surface area contributed by atoms with Crippen LogP contribution in [0, 0.1) is 0 Å². The van der Waals surface area contributed by atoms with Gasteiger partial charge in [0.05, 0.1) is 6.54 Å². The minimum Gasteiger partial charge on any atom is -0.352 e. The van der Waals surface area contributed by atoms with Crippen LogP contribution in [0.25, 0.3) is 0 Å². The fourth-order valence-electron chi connectivity index (χ4n) is 3.82. The molecule has 0 radical (unpaired) electrons. The largest absolute Gasteiger partial charge is 0.352 e. The second-order valence-corrected chi connectivity index (χ2v) is 8.76. The number of hydrogen-bond acceptors (Lipinski definition) is 3. The zero-order valence-electron chi connectivity index (χ0n) is 20.6. The van der Waals surface area contributed by atoms with Gasteiger partial charge in [0.1, 0.15) is 0 Å². The molecule has 0 bridgehead atoms. The molecular formula is C27H47N3O2. The maximum atomic E-state index is 12.0. The van der Waals surface area contributed by atoms with E-state index in [-0.39, 0.29) is 11.8 Å². The molecule has 0 saturated heterocycles. The monoisotopic (exact) mass is 445 g/mol. The number of carbonyl (C=O) groups excluding carboxylic acids is 2. The van der Waals surface area contributed by atoms with Crippen LogP contribution >= 0.6 is 0 Å². The minimum atomic E-state index is -0.0970. The number of hydrogen-bond donors (Lipinski definition) is 3. The Labute approximate surface area is 196 Å². The first-order valence-corrected chi connectivity index (χ1v) is 13.1. The lowest BCUT2D eigenvalue weighted by Gasteiger charge is -2.08. The maximum absolute atomic E-state index is 12.0. The first kappa shape index (κ1) is 28.2. The molecule has 5 heteroatoms. The molecule has 0 heterocycles. The number of rotatable bonds is 20. The van der Waals surface area contributed by atoms with Gasteiger partial charge in [-0.05, 0) is 44.2 Å². The van der Waals surface area contributed by atoms with Gasteiger partial charge in [0.15, 0.2) is 0 Å². The van der Waals surface area contributed by atoms with Gasteiger partial charge in [-0.1, -0.05) is 90.4 Å². The summed E-state index contributed by atoms with van der Waals surface area (Å²) in [7, 11) is 0. The van der Waals surface area contributed by atoms with Crippen LogP contribution in [0.3, 0.4) is 0 Å². The standard InChI is InChI=1S/C27H47N3O2/c1-3-5-6-7-8-9-10-11-12-13-14-15-16-17-22-28-23-26(31)30-25-20-18-24(19-21-25)27(32)29-4-2/h18-21,28H,3-17,22-23H2,1-2H3,(H,29,32)(H,30,31). The molecule has 0 aliphatic heterocycles. The number of anilines is 1. The molecule has 182 valence electrons. The SMILES string of the molecule is CCCCCCCCCCCCCCCCNCC(=O)Nc1ccc(C(=O)NCC)cc1. The van der Waals surface area contributed by atoms with Crippen molar-refractivity contribution in [2.45, 2.75) is 104 Å². The van der Waals surface area contributed by atoms with Gasteiger partial charge in [0, 0.05) is 17.8 Å². The van der Waals surface area contributed by atoms with Crippen LogP contribution in [-0.4, -0.2) is 31.4 Å². The summed E-state index contributed by atoms with van der Waals surface area (Å²) in [4.78, 5) is 23.8. The summed E-state index contributed by atoms with van der Waals surface area (Å²) in [6.45, 7) is 5.95. The van der Waals surface area contributed by atoms with Crippen molar-refractivity contribution in [1.29, 1.82) is 0 Å². The Hall–Kier alpha value is -1.88. The number of carbonyl (C=O) groups is 2. The highest BCUT2D eigenvalue weighted by atomic mass is 16.2. The molecule has 0 spiro atoms. The fraction of sp³-hybridized carbons (Fsp3) is 0.704. The van der Waals surface area contributed by atoms with E-state index < -0.39 is 0 Å². The highest BCUT2D eigenvalue weighted by Crippen LogP contribution is 2.13. The van der Waals surface area contributed by atoms with Gasteiger partial charge in [-0.3, -0.25) is 9.59 Å². The molecule has 0 unspecified atom stereocenters. The van der Waals surface area contributed by atoms with Crippen molar-refractivity contribution in [2.75, 3.05) is 25.0 Å². The second kappa shape index (κ2) is 19.8. The molecule has 0 saturated carbocycles. The Kier molecular flexibility index (Phi) is 17.4. The van der Waals surface area contributed by atoms with E-state index >= 15 is 0 Å². The molecule has 1 aromatic rings. The number of unbranched alkanes of at least 4 members (excludes halogenated alkanes) is 13. The number of amides is 2. The lowest BCUT2D eigenvalue weighted by atomic mass is 10.0. The Morgan fingerprint density at radius 3 is 1.69 bits per heavy atom. The predicted molar refractivity (Wildman–Crippen MR) is 136 cm³/mol. The molecule has 1 rings (SSSR count). The van der Waals surface area contributed by atoms with Gasteiger partial charge in [0.2, 0.25) is 5.91 Å². The quantitative estimate of drug-likeness (QED) is 0.202.